The number of hydrogen-bond acceptors (Lipinski definition) is 4. The van der Waals surface area contributed by atoms with Gasteiger partial charge in [0.15, 0.2) is 0 Å². The minimum Gasteiger partial charge on any atom is -0.334 e. The van der Waals surface area contributed by atoms with E-state index in [0.717, 1.165) is 34.2 Å². The molecule has 2 heterocycles. The molecule has 148 valence electrons. The fourth-order valence-electron chi connectivity index (χ4n) is 3.19. The van der Waals surface area contributed by atoms with Gasteiger partial charge in [-0.3, -0.25) is 9.78 Å². The van der Waals surface area contributed by atoms with Gasteiger partial charge in [-0.1, -0.05) is 12.1 Å². The van der Waals surface area contributed by atoms with Crippen LogP contribution >= 0.6 is 0 Å². The molecule has 0 spiro atoms. The molecule has 8 heteroatoms. The summed E-state index contributed by atoms with van der Waals surface area (Å²) in [4.78, 5) is 18.6. The summed E-state index contributed by atoms with van der Waals surface area (Å²) in [5, 5.41) is 0. The Balaban J connectivity index is 1.73. The van der Waals surface area contributed by atoms with E-state index in [0.29, 0.717) is 19.5 Å². The van der Waals surface area contributed by atoms with Crippen molar-refractivity contribution in [2.24, 2.45) is 0 Å². The van der Waals surface area contributed by atoms with Crippen LogP contribution in [0.25, 0.3) is 6.08 Å². The molecule has 0 aliphatic carbocycles. The molecule has 0 bridgehead atoms. The number of carbonyl (C=O) groups is 1. The van der Waals surface area contributed by atoms with E-state index < -0.39 is 10.0 Å². The maximum absolute atomic E-state index is 13.0. The number of nitrogens with one attached hydrogen (secondary N) is 1. The van der Waals surface area contributed by atoms with Crippen LogP contribution < -0.4 is 4.72 Å². The van der Waals surface area contributed by atoms with E-state index in [1.807, 2.05) is 6.92 Å². The molecule has 2 aromatic rings. The Morgan fingerprint density at radius 2 is 2.04 bits per heavy atom. The molecule has 0 fully saturated rings. The molecule has 1 aliphatic rings. The molecule has 0 saturated carbocycles. The molecule has 1 aromatic heterocycles. The number of aromatic nitrogens is 1. The number of pyridine rings is 1. The summed E-state index contributed by atoms with van der Waals surface area (Å²) in [6.07, 6.45) is 6.64. The predicted octanol–water partition coefficient (Wildman–Crippen LogP) is 2.18. The molecule has 1 amide bonds. The molecule has 1 aliphatic heterocycles. The zero-order valence-electron chi connectivity index (χ0n) is 15.8. The number of amides is 1. The van der Waals surface area contributed by atoms with Crippen molar-refractivity contribution in [3.05, 3.63) is 70.3 Å². The molecule has 3 rings (SSSR count). The van der Waals surface area contributed by atoms with Crippen LogP contribution in [0.5, 0.6) is 0 Å². The predicted molar refractivity (Wildman–Crippen MR) is 105 cm³/mol. The van der Waals surface area contributed by atoms with Gasteiger partial charge < -0.3 is 4.90 Å². The minimum atomic E-state index is -3.30. The van der Waals surface area contributed by atoms with Crippen molar-refractivity contribution >= 4 is 22.0 Å². The summed E-state index contributed by atoms with van der Waals surface area (Å²) in [6.45, 7) is 3.00. The summed E-state index contributed by atoms with van der Waals surface area (Å²) >= 11 is 0. The summed E-state index contributed by atoms with van der Waals surface area (Å²) < 4.78 is 38.3. The van der Waals surface area contributed by atoms with E-state index in [1.165, 1.54) is 18.2 Å². The number of fused-ring (bicyclic) bond motifs is 1. The van der Waals surface area contributed by atoms with Crippen LogP contribution in [0.2, 0.25) is 0 Å². The third-order valence-corrected chi connectivity index (χ3v) is 5.38. The molecule has 28 heavy (non-hydrogen) atoms. The van der Waals surface area contributed by atoms with Gasteiger partial charge in [-0.05, 0) is 53.8 Å². The van der Waals surface area contributed by atoms with Crippen molar-refractivity contribution < 1.29 is 17.6 Å². The number of hydrogen-bond donors (Lipinski definition) is 1. The molecule has 1 N–H and O–H groups in total. The molecule has 0 radical (unpaired) electrons. The minimum absolute atomic E-state index is 0.133. The lowest BCUT2D eigenvalue weighted by Crippen LogP contribution is -2.36. The van der Waals surface area contributed by atoms with Gasteiger partial charge in [0.1, 0.15) is 5.82 Å². The smallest absolute Gasteiger partial charge is 0.246 e. The highest BCUT2D eigenvalue weighted by molar-refractivity contribution is 7.88. The average Bonchev–Trinajstić information content (AvgIpc) is 2.65. The Hall–Kier alpha value is -2.58. The third-order valence-electron chi connectivity index (χ3n) is 4.71. The van der Waals surface area contributed by atoms with Gasteiger partial charge in [0.05, 0.1) is 6.26 Å². The van der Waals surface area contributed by atoms with Crippen molar-refractivity contribution in [2.75, 3.05) is 12.8 Å². The lowest BCUT2D eigenvalue weighted by Gasteiger charge is -2.29. The van der Waals surface area contributed by atoms with E-state index in [2.05, 4.69) is 9.71 Å². The Morgan fingerprint density at radius 1 is 1.32 bits per heavy atom. The van der Waals surface area contributed by atoms with Crippen LogP contribution in [0.15, 0.2) is 36.5 Å². The number of carbonyl (C=O) groups excluding carboxylic acids is 1. The van der Waals surface area contributed by atoms with Gasteiger partial charge in [0.2, 0.25) is 15.9 Å². The Labute approximate surface area is 164 Å². The number of benzene rings is 1. The standard InChI is InChI=1S/C20H22FN3O3S/c1-14-19(12-23-28(2,26)27)18-9-10-24(13-16(18)11-22-14)20(25)8-5-15-3-6-17(21)7-4-15/h3-8,11,23H,9-10,12-13H2,1-2H3. The normalized spacial score (nSPS) is 14.3. The second kappa shape index (κ2) is 8.20. The number of rotatable bonds is 5. The monoisotopic (exact) mass is 403 g/mol. The quantitative estimate of drug-likeness (QED) is 0.776. The second-order valence-electron chi connectivity index (χ2n) is 6.81. The van der Waals surface area contributed by atoms with E-state index in [1.54, 1.807) is 29.3 Å². The first-order valence-electron chi connectivity index (χ1n) is 8.86. The van der Waals surface area contributed by atoms with Crippen molar-refractivity contribution in [3.8, 4) is 0 Å². The average molecular weight is 403 g/mol. The van der Waals surface area contributed by atoms with Crippen LogP contribution in [-0.2, 0) is 34.3 Å². The molecule has 0 saturated heterocycles. The lowest BCUT2D eigenvalue weighted by atomic mass is 9.95. The number of aryl methyl sites for hydroxylation is 1. The van der Waals surface area contributed by atoms with E-state index in [9.17, 15) is 17.6 Å². The largest absolute Gasteiger partial charge is 0.334 e. The molecule has 1 aromatic carbocycles. The lowest BCUT2D eigenvalue weighted by molar-refractivity contribution is -0.126. The molecule has 0 unspecified atom stereocenters. The highest BCUT2D eigenvalue weighted by atomic mass is 32.2. The van der Waals surface area contributed by atoms with Crippen LogP contribution in [0.1, 0.15) is 27.9 Å². The Morgan fingerprint density at radius 3 is 2.71 bits per heavy atom. The first-order chi connectivity index (χ1) is 13.2. The third kappa shape index (κ3) is 5.02. The molecule has 6 nitrogen and oxygen atoms in total. The van der Waals surface area contributed by atoms with Gasteiger partial charge >= 0.3 is 0 Å². The Bertz CT molecular complexity index is 1020. The summed E-state index contributed by atoms with van der Waals surface area (Å²) in [5.74, 6) is -0.452. The van der Waals surface area contributed by atoms with Crippen LogP contribution in [0.3, 0.4) is 0 Å². The SMILES string of the molecule is Cc1ncc2c(c1CNS(C)(=O)=O)CCN(C(=O)C=Cc1ccc(F)cc1)C2. The first kappa shape index (κ1) is 20.2. The highest BCUT2D eigenvalue weighted by Crippen LogP contribution is 2.24. The summed E-state index contributed by atoms with van der Waals surface area (Å²) in [5.41, 5.74) is 4.38. The van der Waals surface area contributed by atoms with Crippen LogP contribution in [0, 0.1) is 12.7 Å². The van der Waals surface area contributed by atoms with Crippen molar-refractivity contribution in [1.29, 1.82) is 0 Å². The zero-order chi connectivity index (χ0) is 20.3. The van der Waals surface area contributed by atoms with Gasteiger partial charge in [0, 0.05) is 37.6 Å². The van der Waals surface area contributed by atoms with Crippen molar-refractivity contribution in [3.63, 3.8) is 0 Å². The molecular formula is C20H22FN3O3S. The summed E-state index contributed by atoms with van der Waals surface area (Å²) in [7, 11) is -3.30. The summed E-state index contributed by atoms with van der Waals surface area (Å²) in [6, 6.07) is 5.92. The topological polar surface area (TPSA) is 79.4 Å². The number of sulfonamides is 1. The first-order valence-corrected chi connectivity index (χ1v) is 10.8. The van der Waals surface area contributed by atoms with Crippen LogP contribution in [0.4, 0.5) is 4.39 Å². The van der Waals surface area contributed by atoms with Crippen molar-refractivity contribution in [2.45, 2.75) is 26.4 Å². The second-order valence-corrected chi connectivity index (χ2v) is 8.65. The van der Waals surface area contributed by atoms with E-state index >= 15 is 0 Å². The van der Waals surface area contributed by atoms with E-state index in [4.69, 9.17) is 0 Å². The molecule has 0 atom stereocenters. The van der Waals surface area contributed by atoms with E-state index in [-0.39, 0.29) is 18.3 Å². The number of halogens is 1. The highest BCUT2D eigenvalue weighted by Gasteiger charge is 2.23. The Kier molecular flexibility index (Phi) is 5.90. The molecular weight excluding hydrogens is 381 g/mol. The van der Waals surface area contributed by atoms with Gasteiger partial charge in [-0.25, -0.2) is 17.5 Å². The maximum Gasteiger partial charge on any atom is 0.246 e. The fraction of sp³-hybridized carbons (Fsp3) is 0.300. The zero-order valence-corrected chi connectivity index (χ0v) is 16.6. The van der Waals surface area contributed by atoms with Crippen LogP contribution in [-0.4, -0.2) is 37.0 Å². The van der Waals surface area contributed by atoms with Crippen molar-refractivity contribution in [1.82, 2.24) is 14.6 Å². The van der Waals surface area contributed by atoms with Gasteiger partial charge in [0.25, 0.3) is 0 Å². The van der Waals surface area contributed by atoms with Gasteiger partial charge in [-0.2, -0.15) is 0 Å². The van der Waals surface area contributed by atoms with Gasteiger partial charge in [-0.15, -0.1) is 0 Å². The fourth-order valence-corrected chi connectivity index (χ4v) is 3.60. The number of nitrogens with zero attached hydrogens (tertiary/aromatic N) is 2. The maximum atomic E-state index is 13.0.